The van der Waals surface area contributed by atoms with Crippen LogP contribution in [0.5, 0.6) is 0 Å². The Morgan fingerprint density at radius 2 is 2.24 bits per heavy atom. The Morgan fingerprint density at radius 3 is 2.88 bits per heavy atom. The van der Waals surface area contributed by atoms with Gasteiger partial charge >= 0.3 is 0 Å². The molecule has 1 unspecified atom stereocenters. The van der Waals surface area contributed by atoms with Crippen molar-refractivity contribution < 1.29 is 0 Å². The van der Waals surface area contributed by atoms with Crippen LogP contribution in [0.2, 0.25) is 0 Å². The number of nitrogens with one attached hydrogen (secondary N) is 1. The van der Waals surface area contributed by atoms with Gasteiger partial charge in [-0.3, -0.25) is 0 Å². The quantitative estimate of drug-likeness (QED) is 0.746. The second-order valence-electron chi connectivity index (χ2n) is 4.95. The van der Waals surface area contributed by atoms with Gasteiger partial charge in [0.15, 0.2) is 0 Å². The van der Waals surface area contributed by atoms with Gasteiger partial charge in [-0.15, -0.1) is 5.10 Å². The standard InChI is InChI=1S/C11H19N5S/c1-2-12-10(8-3-4-8)7-17-11-13-14-15-16(11)9-5-6-9/h8-10,12H,2-7H2,1H3. The molecule has 2 fully saturated rings. The molecule has 3 rings (SSSR count). The zero-order chi connectivity index (χ0) is 11.7. The third kappa shape index (κ3) is 2.80. The summed E-state index contributed by atoms with van der Waals surface area (Å²) in [5.74, 6) is 1.97. The number of tetrazole rings is 1. The van der Waals surface area contributed by atoms with Crippen LogP contribution >= 0.6 is 11.8 Å². The van der Waals surface area contributed by atoms with E-state index in [0.717, 1.165) is 23.4 Å². The van der Waals surface area contributed by atoms with Gasteiger partial charge in [-0.05, 0) is 48.6 Å². The second kappa shape index (κ2) is 4.94. The molecule has 17 heavy (non-hydrogen) atoms. The molecule has 0 aliphatic heterocycles. The van der Waals surface area contributed by atoms with E-state index in [2.05, 4.69) is 27.8 Å². The number of hydrogen-bond acceptors (Lipinski definition) is 5. The molecule has 0 amide bonds. The van der Waals surface area contributed by atoms with E-state index in [1.54, 1.807) is 11.8 Å². The van der Waals surface area contributed by atoms with Gasteiger partial charge in [0.25, 0.3) is 0 Å². The lowest BCUT2D eigenvalue weighted by molar-refractivity contribution is 0.517. The van der Waals surface area contributed by atoms with E-state index in [4.69, 9.17) is 0 Å². The smallest absolute Gasteiger partial charge is 0.209 e. The fraction of sp³-hybridized carbons (Fsp3) is 0.909. The maximum absolute atomic E-state index is 4.13. The van der Waals surface area contributed by atoms with Crippen LogP contribution in [0.4, 0.5) is 0 Å². The van der Waals surface area contributed by atoms with E-state index in [1.165, 1.54) is 25.7 Å². The number of hydrogen-bond donors (Lipinski definition) is 1. The lowest BCUT2D eigenvalue weighted by Gasteiger charge is -2.16. The Bertz CT molecular complexity index is 372. The van der Waals surface area contributed by atoms with Crippen molar-refractivity contribution in [3.63, 3.8) is 0 Å². The first kappa shape index (κ1) is 11.5. The Labute approximate surface area is 106 Å². The average Bonchev–Trinajstić information content (AvgIpc) is 3.23. The number of thioether (sulfide) groups is 1. The maximum Gasteiger partial charge on any atom is 0.209 e. The van der Waals surface area contributed by atoms with Gasteiger partial charge in [0.2, 0.25) is 5.16 Å². The maximum atomic E-state index is 4.13. The molecule has 1 aromatic rings. The number of aromatic nitrogens is 4. The van der Waals surface area contributed by atoms with Crippen molar-refractivity contribution in [2.75, 3.05) is 12.3 Å². The van der Waals surface area contributed by atoms with Gasteiger partial charge in [0, 0.05) is 11.8 Å². The SMILES string of the molecule is CCNC(CSc1nnnn1C1CC1)C1CC1. The van der Waals surface area contributed by atoms with E-state index >= 15 is 0 Å². The summed E-state index contributed by atoms with van der Waals surface area (Å²) in [6.07, 6.45) is 5.23. The highest BCUT2D eigenvalue weighted by atomic mass is 32.2. The van der Waals surface area contributed by atoms with Crippen molar-refractivity contribution in [2.45, 2.75) is 49.8 Å². The van der Waals surface area contributed by atoms with E-state index in [0.29, 0.717) is 12.1 Å². The molecule has 1 aromatic heterocycles. The molecular weight excluding hydrogens is 234 g/mol. The molecule has 2 aliphatic rings. The summed E-state index contributed by atoms with van der Waals surface area (Å²) >= 11 is 1.80. The zero-order valence-corrected chi connectivity index (χ0v) is 11.0. The molecule has 0 bridgehead atoms. The van der Waals surface area contributed by atoms with Crippen molar-refractivity contribution in [1.82, 2.24) is 25.5 Å². The Balaban J connectivity index is 1.56. The Kier molecular flexibility index (Phi) is 3.33. The number of nitrogens with zero attached hydrogens (tertiary/aromatic N) is 4. The van der Waals surface area contributed by atoms with Gasteiger partial charge in [0.05, 0.1) is 6.04 Å². The van der Waals surface area contributed by atoms with Crippen molar-refractivity contribution in [3.05, 3.63) is 0 Å². The first-order valence-electron chi connectivity index (χ1n) is 6.52. The summed E-state index contributed by atoms with van der Waals surface area (Å²) in [5, 5.41) is 16.6. The molecule has 1 N–H and O–H groups in total. The summed E-state index contributed by atoms with van der Waals surface area (Å²) in [5.41, 5.74) is 0. The average molecular weight is 253 g/mol. The van der Waals surface area contributed by atoms with Gasteiger partial charge in [-0.2, -0.15) is 0 Å². The van der Waals surface area contributed by atoms with E-state index < -0.39 is 0 Å². The minimum atomic E-state index is 0.575. The third-order valence-corrected chi connectivity index (χ3v) is 4.46. The molecule has 0 spiro atoms. The fourth-order valence-corrected chi connectivity index (χ4v) is 3.25. The molecule has 0 aromatic carbocycles. The van der Waals surface area contributed by atoms with Crippen molar-refractivity contribution in [1.29, 1.82) is 0 Å². The largest absolute Gasteiger partial charge is 0.313 e. The fourth-order valence-electron chi connectivity index (χ4n) is 2.12. The molecule has 2 saturated carbocycles. The highest BCUT2D eigenvalue weighted by Gasteiger charge is 2.32. The highest BCUT2D eigenvalue weighted by molar-refractivity contribution is 7.99. The Morgan fingerprint density at radius 1 is 1.41 bits per heavy atom. The normalized spacial score (nSPS) is 21.7. The van der Waals surface area contributed by atoms with E-state index in [1.807, 2.05) is 4.68 Å². The van der Waals surface area contributed by atoms with Crippen LogP contribution in [0, 0.1) is 5.92 Å². The highest BCUT2D eigenvalue weighted by Crippen LogP contribution is 2.38. The second-order valence-corrected chi connectivity index (χ2v) is 5.94. The minimum absolute atomic E-state index is 0.575. The zero-order valence-electron chi connectivity index (χ0n) is 10.2. The molecule has 1 atom stereocenters. The van der Waals surface area contributed by atoms with Crippen LogP contribution in [0.15, 0.2) is 5.16 Å². The minimum Gasteiger partial charge on any atom is -0.313 e. The van der Waals surface area contributed by atoms with Crippen LogP contribution < -0.4 is 5.32 Å². The van der Waals surface area contributed by atoms with Gasteiger partial charge in [-0.25, -0.2) is 4.68 Å². The third-order valence-electron chi connectivity index (χ3n) is 3.40. The molecule has 0 radical (unpaired) electrons. The summed E-state index contributed by atoms with van der Waals surface area (Å²) < 4.78 is 2.00. The molecule has 1 heterocycles. The predicted octanol–water partition coefficient (Wildman–Crippen LogP) is 1.49. The van der Waals surface area contributed by atoms with Crippen LogP contribution in [-0.4, -0.2) is 38.5 Å². The molecule has 0 saturated heterocycles. The molecule has 94 valence electrons. The molecule has 6 heteroatoms. The van der Waals surface area contributed by atoms with Crippen LogP contribution in [0.3, 0.4) is 0 Å². The molecule has 5 nitrogen and oxygen atoms in total. The first-order valence-corrected chi connectivity index (χ1v) is 7.51. The van der Waals surface area contributed by atoms with Crippen LogP contribution in [0.25, 0.3) is 0 Å². The lowest BCUT2D eigenvalue weighted by atomic mass is 10.2. The van der Waals surface area contributed by atoms with Crippen molar-refractivity contribution >= 4 is 11.8 Å². The first-order chi connectivity index (χ1) is 8.38. The molecular formula is C11H19N5S. The van der Waals surface area contributed by atoms with Crippen LogP contribution in [-0.2, 0) is 0 Å². The van der Waals surface area contributed by atoms with Gasteiger partial charge < -0.3 is 5.32 Å². The van der Waals surface area contributed by atoms with Crippen LogP contribution in [0.1, 0.15) is 38.6 Å². The monoisotopic (exact) mass is 253 g/mol. The van der Waals surface area contributed by atoms with E-state index in [-0.39, 0.29) is 0 Å². The topological polar surface area (TPSA) is 55.6 Å². The van der Waals surface area contributed by atoms with Gasteiger partial charge in [0.1, 0.15) is 0 Å². The summed E-state index contributed by atoms with van der Waals surface area (Å²) in [7, 11) is 0. The molecule has 2 aliphatic carbocycles. The van der Waals surface area contributed by atoms with Gasteiger partial charge in [-0.1, -0.05) is 18.7 Å². The Hall–Kier alpha value is -0.620. The summed E-state index contributed by atoms with van der Waals surface area (Å²) in [6.45, 7) is 3.23. The van der Waals surface area contributed by atoms with Crippen molar-refractivity contribution in [3.8, 4) is 0 Å². The number of rotatable bonds is 7. The summed E-state index contributed by atoms with van der Waals surface area (Å²) in [6, 6.07) is 1.21. The van der Waals surface area contributed by atoms with E-state index in [9.17, 15) is 0 Å². The summed E-state index contributed by atoms with van der Waals surface area (Å²) in [4.78, 5) is 0. The lowest BCUT2D eigenvalue weighted by Crippen LogP contribution is -2.33. The predicted molar refractivity (Wildman–Crippen MR) is 67.0 cm³/mol. The van der Waals surface area contributed by atoms with Crippen molar-refractivity contribution in [2.24, 2.45) is 5.92 Å².